The molecule has 0 bridgehead atoms. The third-order valence-electron chi connectivity index (χ3n) is 5.13. The summed E-state index contributed by atoms with van der Waals surface area (Å²) in [6, 6.07) is 7.52. The Labute approximate surface area is 149 Å². The summed E-state index contributed by atoms with van der Waals surface area (Å²) in [7, 11) is 0. The number of benzene rings is 1. The molecule has 0 radical (unpaired) electrons. The highest BCUT2D eigenvalue weighted by molar-refractivity contribution is 5.93. The zero-order valence-electron chi connectivity index (χ0n) is 14.6. The van der Waals surface area contributed by atoms with E-state index in [0.29, 0.717) is 12.5 Å². The van der Waals surface area contributed by atoms with Crippen molar-refractivity contribution >= 4 is 17.6 Å². The van der Waals surface area contributed by atoms with E-state index in [0.717, 1.165) is 63.0 Å². The molecule has 0 unspecified atom stereocenters. The summed E-state index contributed by atoms with van der Waals surface area (Å²) >= 11 is 0. The summed E-state index contributed by atoms with van der Waals surface area (Å²) in [5.74, 6) is 0.843. The minimum Gasteiger partial charge on any atom is -0.338 e. The van der Waals surface area contributed by atoms with Crippen molar-refractivity contribution in [1.82, 2.24) is 16.0 Å². The lowest BCUT2D eigenvalue weighted by Crippen LogP contribution is -2.40. The molecule has 0 spiro atoms. The van der Waals surface area contributed by atoms with Crippen LogP contribution in [0.5, 0.6) is 0 Å². The number of nitrogens with one attached hydrogen (secondary N) is 4. The van der Waals surface area contributed by atoms with Crippen LogP contribution in [0.3, 0.4) is 0 Å². The van der Waals surface area contributed by atoms with Crippen molar-refractivity contribution in [2.24, 2.45) is 11.8 Å². The van der Waals surface area contributed by atoms with Crippen LogP contribution in [0.2, 0.25) is 0 Å². The highest BCUT2D eigenvalue weighted by Gasteiger charge is 2.25. The van der Waals surface area contributed by atoms with Gasteiger partial charge in [-0.3, -0.25) is 4.79 Å². The van der Waals surface area contributed by atoms with Crippen LogP contribution in [0.15, 0.2) is 24.3 Å². The molecule has 1 aliphatic heterocycles. The molecule has 1 aliphatic carbocycles. The van der Waals surface area contributed by atoms with Crippen LogP contribution >= 0.6 is 0 Å². The maximum Gasteiger partial charge on any atom is 0.315 e. The first-order valence-electron chi connectivity index (χ1n) is 9.33. The molecule has 136 valence electrons. The molecule has 2 fully saturated rings. The Morgan fingerprint density at radius 1 is 1.08 bits per heavy atom. The topological polar surface area (TPSA) is 82.3 Å². The lowest BCUT2D eigenvalue weighted by Gasteiger charge is -2.24. The Kier molecular flexibility index (Phi) is 6.28. The van der Waals surface area contributed by atoms with E-state index < -0.39 is 0 Å². The SMILES string of the molecule is O=C(NCc1cccc(NC(=O)C2CCC2)c1)NCC1CCNCC1. The lowest BCUT2D eigenvalue weighted by atomic mass is 9.85. The van der Waals surface area contributed by atoms with E-state index in [2.05, 4.69) is 21.3 Å². The minimum atomic E-state index is -0.137. The Hall–Kier alpha value is -2.08. The van der Waals surface area contributed by atoms with Crippen LogP contribution in [-0.4, -0.2) is 31.6 Å². The normalized spacial score (nSPS) is 18.2. The van der Waals surface area contributed by atoms with E-state index in [1.54, 1.807) is 0 Å². The molecule has 2 aliphatic rings. The molecule has 6 nitrogen and oxygen atoms in total. The van der Waals surface area contributed by atoms with Crippen LogP contribution in [0.25, 0.3) is 0 Å². The molecule has 3 amide bonds. The number of anilines is 1. The number of carbonyl (C=O) groups is 2. The molecule has 1 heterocycles. The largest absolute Gasteiger partial charge is 0.338 e. The van der Waals surface area contributed by atoms with Gasteiger partial charge in [0.1, 0.15) is 0 Å². The van der Waals surface area contributed by atoms with Gasteiger partial charge in [0.25, 0.3) is 0 Å². The van der Waals surface area contributed by atoms with E-state index in [9.17, 15) is 9.59 Å². The molecule has 1 saturated carbocycles. The van der Waals surface area contributed by atoms with Crippen molar-refractivity contribution in [2.75, 3.05) is 25.0 Å². The molecule has 1 aromatic rings. The van der Waals surface area contributed by atoms with Gasteiger partial charge in [0.05, 0.1) is 0 Å². The van der Waals surface area contributed by atoms with Crippen molar-refractivity contribution in [3.8, 4) is 0 Å². The predicted octanol–water partition coefficient (Wildman–Crippen LogP) is 2.22. The second-order valence-electron chi connectivity index (χ2n) is 7.07. The Bertz CT molecular complexity index is 595. The summed E-state index contributed by atoms with van der Waals surface area (Å²) in [6.07, 6.45) is 5.36. The van der Waals surface area contributed by atoms with Gasteiger partial charge in [0, 0.05) is 24.7 Å². The van der Waals surface area contributed by atoms with Crippen LogP contribution in [-0.2, 0) is 11.3 Å². The highest BCUT2D eigenvalue weighted by atomic mass is 16.2. The molecule has 4 N–H and O–H groups in total. The smallest absolute Gasteiger partial charge is 0.315 e. The van der Waals surface area contributed by atoms with Crippen LogP contribution < -0.4 is 21.3 Å². The van der Waals surface area contributed by atoms with E-state index in [-0.39, 0.29) is 17.9 Å². The fourth-order valence-corrected chi connectivity index (χ4v) is 3.24. The molecule has 0 aromatic heterocycles. The van der Waals surface area contributed by atoms with Crippen LogP contribution in [0, 0.1) is 11.8 Å². The first-order valence-corrected chi connectivity index (χ1v) is 9.33. The summed E-state index contributed by atoms with van der Waals surface area (Å²) < 4.78 is 0. The second kappa shape index (κ2) is 8.85. The van der Waals surface area contributed by atoms with Crippen LogP contribution in [0.1, 0.15) is 37.7 Å². The second-order valence-corrected chi connectivity index (χ2v) is 7.07. The summed E-state index contributed by atoms with van der Waals surface area (Å²) in [5, 5.41) is 12.1. The molecule has 1 saturated heterocycles. The number of hydrogen-bond donors (Lipinski definition) is 4. The third-order valence-corrected chi connectivity index (χ3v) is 5.13. The molecule has 1 aromatic carbocycles. The summed E-state index contributed by atoms with van der Waals surface area (Å²) in [4.78, 5) is 24.0. The zero-order chi connectivity index (χ0) is 17.5. The van der Waals surface area contributed by atoms with E-state index in [1.165, 1.54) is 0 Å². The van der Waals surface area contributed by atoms with Gasteiger partial charge in [-0.2, -0.15) is 0 Å². The number of amides is 3. The maximum absolute atomic E-state index is 12.0. The van der Waals surface area contributed by atoms with Crippen molar-refractivity contribution in [1.29, 1.82) is 0 Å². The Morgan fingerprint density at radius 2 is 1.88 bits per heavy atom. The van der Waals surface area contributed by atoms with Gasteiger partial charge in [-0.25, -0.2) is 4.79 Å². The Morgan fingerprint density at radius 3 is 2.60 bits per heavy atom. The van der Waals surface area contributed by atoms with Gasteiger partial charge in [0.15, 0.2) is 0 Å². The van der Waals surface area contributed by atoms with Crippen molar-refractivity contribution in [3.05, 3.63) is 29.8 Å². The van der Waals surface area contributed by atoms with Crippen molar-refractivity contribution in [3.63, 3.8) is 0 Å². The average Bonchev–Trinajstić information content (AvgIpc) is 2.58. The first kappa shape index (κ1) is 17.7. The van der Waals surface area contributed by atoms with E-state index in [4.69, 9.17) is 0 Å². The monoisotopic (exact) mass is 344 g/mol. The molecular formula is C19H28N4O2. The lowest BCUT2D eigenvalue weighted by molar-refractivity contribution is -0.122. The predicted molar refractivity (Wildman–Crippen MR) is 98.2 cm³/mol. The third kappa shape index (κ3) is 5.46. The van der Waals surface area contributed by atoms with Gasteiger partial charge >= 0.3 is 6.03 Å². The summed E-state index contributed by atoms with van der Waals surface area (Å²) in [6.45, 7) is 3.25. The van der Waals surface area contributed by atoms with E-state index in [1.807, 2.05) is 24.3 Å². The standard InChI is InChI=1S/C19H28N4O2/c24-18(16-4-2-5-16)23-17-6-1-3-15(11-17)13-22-19(25)21-12-14-7-9-20-10-8-14/h1,3,6,11,14,16,20H,2,4-5,7-10,12-13H2,(H,23,24)(H2,21,22,25). The number of urea groups is 1. The van der Waals surface area contributed by atoms with E-state index >= 15 is 0 Å². The quantitative estimate of drug-likeness (QED) is 0.639. The van der Waals surface area contributed by atoms with Gasteiger partial charge in [-0.15, -0.1) is 0 Å². The highest BCUT2D eigenvalue weighted by Crippen LogP contribution is 2.27. The molecule has 3 rings (SSSR count). The number of carbonyl (C=O) groups excluding carboxylic acids is 2. The van der Waals surface area contributed by atoms with Gasteiger partial charge in [-0.1, -0.05) is 18.6 Å². The Balaban J connectivity index is 1.40. The van der Waals surface area contributed by atoms with Crippen LogP contribution in [0.4, 0.5) is 10.5 Å². The fourth-order valence-electron chi connectivity index (χ4n) is 3.24. The summed E-state index contributed by atoms with van der Waals surface area (Å²) in [5.41, 5.74) is 1.77. The van der Waals surface area contributed by atoms with Crippen molar-refractivity contribution in [2.45, 2.75) is 38.6 Å². The maximum atomic E-state index is 12.0. The zero-order valence-corrected chi connectivity index (χ0v) is 14.6. The van der Waals surface area contributed by atoms with Gasteiger partial charge in [0.2, 0.25) is 5.91 Å². The first-order chi connectivity index (χ1) is 12.2. The van der Waals surface area contributed by atoms with Gasteiger partial charge in [-0.05, 0) is 62.4 Å². The number of piperidine rings is 1. The number of hydrogen-bond acceptors (Lipinski definition) is 3. The van der Waals surface area contributed by atoms with Gasteiger partial charge < -0.3 is 21.3 Å². The fraction of sp³-hybridized carbons (Fsp3) is 0.579. The molecule has 25 heavy (non-hydrogen) atoms. The molecule has 6 heteroatoms. The molecule has 0 atom stereocenters. The van der Waals surface area contributed by atoms with Crippen molar-refractivity contribution < 1.29 is 9.59 Å². The number of rotatable bonds is 6. The average molecular weight is 344 g/mol. The molecular weight excluding hydrogens is 316 g/mol. The minimum absolute atomic E-state index is 0.107.